The van der Waals surface area contributed by atoms with Crippen LogP contribution in [-0.2, 0) is 16.1 Å². The van der Waals surface area contributed by atoms with E-state index in [1.807, 2.05) is 18.2 Å². The van der Waals surface area contributed by atoms with E-state index < -0.39 is 17.7 Å². The number of piperidine rings is 1. The fourth-order valence-electron chi connectivity index (χ4n) is 2.46. The molecule has 2 rings (SSSR count). The molecule has 5 heteroatoms. The van der Waals surface area contributed by atoms with Crippen molar-refractivity contribution in [2.24, 2.45) is 0 Å². The first-order valence-corrected chi connectivity index (χ1v) is 7.62. The van der Waals surface area contributed by atoms with Crippen molar-refractivity contribution >= 4 is 11.9 Å². The number of hydrogen-bond acceptors (Lipinski definition) is 4. The number of benzene rings is 1. The molecule has 120 valence electrons. The molecule has 1 aromatic rings. The lowest BCUT2D eigenvalue weighted by molar-refractivity contribution is -0.124. The largest absolute Gasteiger partial charge is 0.444 e. The predicted octanol–water partition coefficient (Wildman–Crippen LogP) is 2.35. The van der Waals surface area contributed by atoms with Gasteiger partial charge in [0.15, 0.2) is 5.78 Å². The van der Waals surface area contributed by atoms with Gasteiger partial charge in [-0.1, -0.05) is 30.3 Å². The van der Waals surface area contributed by atoms with Crippen molar-refractivity contribution in [3.05, 3.63) is 35.9 Å². The Morgan fingerprint density at radius 1 is 1.32 bits per heavy atom. The van der Waals surface area contributed by atoms with Crippen molar-refractivity contribution in [3.63, 3.8) is 0 Å². The van der Waals surface area contributed by atoms with E-state index in [1.165, 1.54) is 5.56 Å². The van der Waals surface area contributed by atoms with E-state index in [4.69, 9.17) is 4.74 Å². The Morgan fingerprint density at radius 3 is 2.64 bits per heavy atom. The normalized spacial score (nSPS) is 19.8. The Labute approximate surface area is 131 Å². The second-order valence-electron chi connectivity index (χ2n) is 6.64. The Bertz CT molecular complexity index is 522. The average Bonchev–Trinajstić information content (AvgIpc) is 2.41. The van der Waals surface area contributed by atoms with E-state index in [2.05, 4.69) is 22.3 Å². The topological polar surface area (TPSA) is 58.6 Å². The van der Waals surface area contributed by atoms with E-state index in [0.717, 1.165) is 13.1 Å². The Balaban J connectivity index is 1.91. The lowest BCUT2D eigenvalue weighted by Gasteiger charge is -2.32. The maximum atomic E-state index is 12.0. The third-order valence-corrected chi connectivity index (χ3v) is 3.44. The fraction of sp³-hybridized carbons (Fsp3) is 0.529. The smallest absolute Gasteiger partial charge is 0.408 e. The molecule has 0 aliphatic carbocycles. The molecular formula is C17H24N2O3. The van der Waals surface area contributed by atoms with Gasteiger partial charge in [-0.15, -0.1) is 0 Å². The van der Waals surface area contributed by atoms with Crippen molar-refractivity contribution in [1.82, 2.24) is 10.2 Å². The van der Waals surface area contributed by atoms with Crippen LogP contribution in [0.5, 0.6) is 0 Å². The quantitative estimate of drug-likeness (QED) is 0.931. The maximum Gasteiger partial charge on any atom is 0.408 e. The van der Waals surface area contributed by atoms with Gasteiger partial charge in [0.2, 0.25) is 0 Å². The van der Waals surface area contributed by atoms with Crippen LogP contribution in [0, 0.1) is 0 Å². The van der Waals surface area contributed by atoms with Crippen molar-refractivity contribution < 1.29 is 14.3 Å². The van der Waals surface area contributed by atoms with Crippen LogP contribution >= 0.6 is 0 Å². The van der Waals surface area contributed by atoms with E-state index in [1.54, 1.807) is 20.8 Å². The van der Waals surface area contributed by atoms with Gasteiger partial charge in [0, 0.05) is 26.1 Å². The second-order valence-corrected chi connectivity index (χ2v) is 6.64. The number of hydrogen-bond donors (Lipinski definition) is 1. The summed E-state index contributed by atoms with van der Waals surface area (Å²) in [6.07, 6.45) is -0.0831. The number of carbonyl (C=O) groups is 2. The zero-order valence-corrected chi connectivity index (χ0v) is 13.5. The molecule has 1 unspecified atom stereocenters. The highest BCUT2D eigenvalue weighted by Gasteiger charge is 2.29. The number of Topliss-reactive ketones (excluding diaryl/α,β-unsaturated/α-hetero) is 1. The highest BCUT2D eigenvalue weighted by atomic mass is 16.6. The van der Waals surface area contributed by atoms with Crippen LogP contribution in [0.2, 0.25) is 0 Å². The van der Waals surface area contributed by atoms with Crippen LogP contribution in [0.4, 0.5) is 4.79 Å². The zero-order chi connectivity index (χ0) is 16.2. The van der Waals surface area contributed by atoms with Crippen LogP contribution < -0.4 is 5.32 Å². The number of ether oxygens (including phenoxy) is 1. The average molecular weight is 304 g/mol. The molecule has 0 saturated carbocycles. The zero-order valence-electron chi connectivity index (χ0n) is 13.5. The van der Waals surface area contributed by atoms with Gasteiger partial charge in [-0.05, 0) is 26.3 Å². The van der Waals surface area contributed by atoms with Crippen LogP contribution in [0.25, 0.3) is 0 Å². The molecule has 0 bridgehead atoms. The summed E-state index contributed by atoms with van der Waals surface area (Å²) >= 11 is 0. The lowest BCUT2D eigenvalue weighted by Crippen LogP contribution is -2.53. The predicted molar refractivity (Wildman–Crippen MR) is 84.5 cm³/mol. The van der Waals surface area contributed by atoms with Gasteiger partial charge >= 0.3 is 6.09 Å². The molecule has 1 aromatic carbocycles. The molecule has 1 heterocycles. The van der Waals surface area contributed by atoms with Gasteiger partial charge < -0.3 is 10.1 Å². The van der Waals surface area contributed by atoms with E-state index in [0.29, 0.717) is 13.0 Å². The van der Waals surface area contributed by atoms with Gasteiger partial charge in [-0.3, -0.25) is 9.69 Å². The molecule has 1 saturated heterocycles. The molecule has 1 atom stereocenters. The fourth-order valence-corrected chi connectivity index (χ4v) is 2.46. The number of carbonyl (C=O) groups excluding carboxylic acids is 2. The van der Waals surface area contributed by atoms with Crippen LogP contribution in [0.3, 0.4) is 0 Å². The van der Waals surface area contributed by atoms with Crippen LogP contribution in [-0.4, -0.2) is 41.5 Å². The van der Waals surface area contributed by atoms with E-state index in [9.17, 15) is 9.59 Å². The summed E-state index contributed by atoms with van der Waals surface area (Å²) in [6, 6.07) is 9.62. The van der Waals surface area contributed by atoms with Gasteiger partial charge in [0.05, 0.1) is 0 Å². The minimum Gasteiger partial charge on any atom is -0.444 e. The number of nitrogens with one attached hydrogen (secondary N) is 1. The standard InChI is InChI=1S/C17H24N2O3/c1-17(2,3)22-16(21)18-14-12-19(10-9-15(14)20)11-13-7-5-4-6-8-13/h4-8,14H,9-12H2,1-3H3,(H,18,21). The molecule has 1 fully saturated rings. The van der Waals surface area contributed by atoms with Crippen molar-refractivity contribution in [2.75, 3.05) is 13.1 Å². The number of rotatable bonds is 3. The summed E-state index contributed by atoms with van der Waals surface area (Å²) in [5.74, 6) is 0.0650. The third-order valence-electron chi connectivity index (χ3n) is 3.44. The molecule has 1 aliphatic rings. The molecule has 0 spiro atoms. The van der Waals surface area contributed by atoms with Crippen LogP contribution in [0.1, 0.15) is 32.8 Å². The number of ketones is 1. The Morgan fingerprint density at radius 2 is 2.00 bits per heavy atom. The Hall–Kier alpha value is -1.88. The first kappa shape index (κ1) is 16.5. The molecule has 22 heavy (non-hydrogen) atoms. The summed E-state index contributed by atoms with van der Waals surface area (Å²) in [5, 5.41) is 2.69. The van der Waals surface area contributed by atoms with E-state index >= 15 is 0 Å². The van der Waals surface area contributed by atoms with Crippen LogP contribution in [0.15, 0.2) is 30.3 Å². The van der Waals surface area contributed by atoms with E-state index in [-0.39, 0.29) is 5.78 Å². The molecule has 0 aromatic heterocycles. The number of likely N-dealkylation sites (tertiary alicyclic amines) is 1. The summed E-state index contributed by atoms with van der Waals surface area (Å²) in [5.41, 5.74) is 0.638. The maximum absolute atomic E-state index is 12.0. The molecule has 1 aliphatic heterocycles. The monoisotopic (exact) mass is 304 g/mol. The first-order chi connectivity index (χ1) is 10.3. The molecule has 5 nitrogen and oxygen atoms in total. The molecular weight excluding hydrogens is 280 g/mol. The number of amides is 1. The van der Waals surface area contributed by atoms with Gasteiger partial charge in [0.25, 0.3) is 0 Å². The summed E-state index contributed by atoms with van der Waals surface area (Å²) in [4.78, 5) is 26.0. The SMILES string of the molecule is CC(C)(C)OC(=O)NC1CN(Cc2ccccc2)CCC1=O. The first-order valence-electron chi connectivity index (χ1n) is 7.62. The van der Waals surface area contributed by atoms with Crippen molar-refractivity contribution in [1.29, 1.82) is 0 Å². The third kappa shape index (κ3) is 5.15. The van der Waals surface area contributed by atoms with Gasteiger partial charge in [-0.25, -0.2) is 4.79 Å². The van der Waals surface area contributed by atoms with Gasteiger partial charge in [0.1, 0.15) is 11.6 Å². The molecule has 1 amide bonds. The summed E-state index contributed by atoms with van der Waals surface area (Å²) in [6.45, 7) is 7.43. The van der Waals surface area contributed by atoms with Crippen molar-refractivity contribution in [2.45, 2.75) is 45.4 Å². The summed E-state index contributed by atoms with van der Waals surface area (Å²) < 4.78 is 5.22. The molecule has 1 N–H and O–H groups in total. The molecule has 0 radical (unpaired) electrons. The second kappa shape index (κ2) is 6.92. The van der Waals surface area contributed by atoms with Gasteiger partial charge in [-0.2, -0.15) is 0 Å². The highest BCUT2D eigenvalue weighted by molar-refractivity contribution is 5.88. The summed E-state index contributed by atoms with van der Waals surface area (Å²) in [7, 11) is 0. The highest BCUT2D eigenvalue weighted by Crippen LogP contribution is 2.13. The Kier molecular flexibility index (Phi) is 5.19. The lowest BCUT2D eigenvalue weighted by atomic mass is 10.0. The number of nitrogens with zero attached hydrogens (tertiary/aromatic N) is 1. The van der Waals surface area contributed by atoms with Crippen molar-refractivity contribution in [3.8, 4) is 0 Å². The minimum absolute atomic E-state index is 0.0650. The number of alkyl carbamates (subject to hydrolysis) is 1. The minimum atomic E-state index is -0.564.